The molecule has 0 bridgehead atoms. The number of aliphatic carboxylic acids is 1. The van der Waals surface area contributed by atoms with Crippen LogP contribution in [-0.4, -0.2) is 82.6 Å². The van der Waals surface area contributed by atoms with Crippen LogP contribution in [-0.2, 0) is 20.4 Å². The molecule has 0 spiro atoms. The van der Waals surface area contributed by atoms with Crippen LogP contribution in [0.4, 0.5) is 5.82 Å². The molecule has 146 valence electrons. The van der Waals surface area contributed by atoms with Gasteiger partial charge in [0.1, 0.15) is 47.4 Å². The first-order valence-corrected chi connectivity index (χ1v) is 10.1. The second-order valence-corrected chi connectivity index (χ2v) is 8.62. The maximum atomic E-state index is 10.7. The summed E-state index contributed by atoms with van der Waals surface area (Å²) in [4.78, 5) is 22.8. The minimum Gasteiger partial charge on any atom is -0.477 e. The van der Waals surface area contributed by atoms with Gasteiger partial charge in [-0.2, -0.15) is 0 Å². The molecule has 1 aliphatic heterocycles. The van der Waals surface area contributed by atoms with Crippen LogP contribution in [0.5, 0.6) is 0 Å². The zero-order valence-electron chi connectivity index (χ0n) is 14.5. The molecule has 2 aromatic rings. The van der Waals surface area contributed by atoms with Crippen molar-refractivity contribution in [2.24, 2.45) is 0 Å². The highest BCUT2D eigenvalue weighted by molar-refractivity contribution is 7.96. The summed E-state index contributed by atoms with van der Waals surface area (Å²) in [7, 11) is -0.296. The Morgan fingerprint density at radius 1 is 1.37 bits per heavy atom. The van der Waals surface area contributed by atoms with E-state index >= 15 is 0 Å². The monoisotopic (exact) mass is 397 g/mol. The van der Waals surface area contributed by atoms with E-state index in [2.05, 4.69) is 15.0 Å². The minimum atomic E-state index is -1.23. The number of nitrogens with two attached hydrogens (primary N) is 1. The highest BCUT2D eigenvalue weighted by Crippen LogP contribution is 2.32. The Hall–Kier alpha value is -2.28. The molecule has 0 aromatic carbocycles. The molecule has 0 saturated carbocycles. The molecule has 0 radical (unpaired) electrons. The summed E-state index contributed by atoms with van der Waals surface area (Å²) < 4.78 is 7.37. The number of aromatic nitrogens is 4. The fourth-order valence-corrected chi connectivity index (χ4v) is 4.46. The standard InChI is InChI=1S/C15H20N6O5S/c1-27(3-2-7(16)15(24)25)4-8-10(22)11(23)14(26-8)21-6-20-9-12(17)18-5-19-13(9)21/h5-6,8,10-11,14,16,22-23H,2-4H2,1H3,(H2-,17,18,19,24,25)/p+1/t8-,10-,11-,14-,27?/m1/s1. The van der Waals surface area contributed by atoms with Gasteiger partial charge in [-0.3, -0.25) is 9.98 Å². The van der Waals surface area contributed by atoms with Gasteiger partial charge < -0.3 is 25.8 Å². The molecule has 6 N–H and O–H groups in total. The lowest BCUT2D eigenvalue weighted by Gasteiger charge is -2.16. The van der Waals surface area contributed by atoms with Crippen molar-refractivity contribution in [2.75, 3.05) is 23.5 Å². The van der Waals surface area contributed by atoms with Gasteiger partial charge >= 0.3 is 5.97 Å². The number of aliphatic hydroxyl groups excluding tert-OH is 2. The first-order valence-electron chi connectivity index (χ1n) is 8.14. The third-order valence-corrected chi connectivity index (χ3v) is 6.20. The lowest BCUT2D eigenvalue weighted by Crippen LogP contribution is -2.36. The van der Waals surface area contributed by atoms with Crippen LogP contribution in [0, 0.1) is 5.41 Å². The summed E-state index contributed by atoms with van der Waals surface area (Å²) in [5, 5.41) is 36.9. The number of ether oxygens (including phenoxy) is 1. The predicted octanol–water partition coefficient (Wildman–Crippen LogP) is -1.23. The van der Waals surface area contributed by atoms with Gasteiger partial charge in [-0.25, -0.2) is 19.7 Å². The average molecular weight is 397 g/mol. The molecule has 1 saturated heterocycles. The maximum Gasteiger partial charge on any atom is 0.349 e. The molecular formula is C15H21N6O5S+. The minimum absolute atomic E-state index is 0.145. The van der Waals surface area contributed by atoms with Crippen molar-refractivity contribution in [3.05, 3.63) is 12.7 Å². The van der Waals surface area contributed by atoms with Crippen LogP contribution in [0.3, 0.4) is 0 Å². The summed E-state index contributed by atoms with van der Waals surface area (Å²) in [6.07, 6.45) is 0.966. The number of aliphatic hydroxyl groups is 2. The van der Waals surface area contributed by atoms with E-state index in [1.54, 1.807) is 0 Å². The lowest BCUT2D eigenvalue weighted by molar-refractivity contribution is -0.129. The van der Waals surface area contributed by atoms with Gasteiger partial charge in [-0.05, 0) is 10.9 Å². The van der Waals surface area contributed by atoms with Gasteiger partial charge in [0.25, 0.3) is 0 Å². The molecule has 3 rings (SSSR count). The third-order valence-electron chi connectivity index (χ3n) is 4.41. The summed E-state index contributed by atoms with van der Waals surface area (Å²) >= 11 is 0. The highest BCUT2D eigenvalue weighted by Gasteiger charge is 2.46. The van der Waals surface area contributed by atoms with Crippen LogP contribution < -0.4 is 5.73 Å². The molecule has 5 atom stereocenters. The van der Waals surface area contributed by atoms with Crippen molar-refractivity contribution >= 4 is 39.6 Å². The second-order valence-electron chi connectivity index (χ2n) is 6.32. The van der Waals surface area contributed by atoms with E-state index in [-0.39, 0.29) is 28.8 Å². The van der Waals surface area contributed by atoms with Gasteiger partial charge in [0, 0.05) is 6.42 Å². The number of carboxylic acids is 1. The Morgan fingerprint density at radius 2 is 2.11 bits per heavy atom. The SMILES string of the molecule is C[S+](CCC(=N)C(=O)O)C[C@H]1O[C@@H](n2cnc3c(N)ncnc32)[C@H](O)[C@@H]1O. The van der Waals surface area contributed by atoms with Crippen LogP contribution in [0.25, 0.3) is 11.2 Å². The van der Waals surface area contributed by atoms with Gasteiger partial charge in [0.05, 0.1) is 12.6 Å². The summed E-state index contributed by atoms with van der Waals surface area (Å²) in [5.74, 6) is -0.0889. The van der Waals surface area contributed by atoms with Crippen LogP contribution in [0.15, 0.2) is 12.7 Å². The van der Waals surface area contributed by atoms with E-state index in [4.69, 9.17) is 21.0 Å². The fourth-order valence-electron chi connectivity index (χ4n) is 2.90. The number of hydrogen-bond acceptors (Lipinski definition) is 9. The fraction of sp³-hybridized carbons (Fsp3) is 0.533. The molecule has 1 fully saturated rings. The number of carboxylic acid groups (broad SMARTS) is 1. The second kappa shape index (κ2) is 7.76. The van der Waals surface area contributed by atoms with Gasteiger partial charge in [-0.15, -0.1) is 0 Å². The van der Waals surface area contributed by atoms with E-state index in [0.29, 0.717) is 22.7 Å². The Bertz CT molecular complexity index is 860. The Labute approximate surface area is 157 Å². The Morgan fingerprint density at radius 3 is 2.81 bits per heavy atom. The number of nitrogens with one attached hydrogen (secondary N) is 1. The van der Waals surface area contributed by atoms with Crippen molar-refractivity contribution in [3.63, 3.8) is 0 Å². The lowest BCUT2D eigenvalue weighted by atomic mass is 10.1. The molecule has 2 aromatic heterocycles. The van der Waals surface area contributed by atoms with Crippen molar-refractivity contribution < 1.29 is 24.9 Å². The smallest absolute Gasteiger partial charge is 0.349 e. The van der Waals surface area contributed by atoms with E-state index in [9.17, 15) is 15.0 Å². The number of nitrogen functional groups attached to an aromatic ring is 1. The molecule has 1 unspecified atom stereocenters. The van der Waals surface area contributed by atoms with Crippen LogP contribution in [0.2, 0.25) is 0 Å². The quantitative estimate of drug-likeness (QED) is 0.282. The normalized spacial score (nSPS) is 26.3. The van der Waals surface area contributed by atoms with E-state index in [1.807, 2.05) is 6.26 Å². The Balaban J connectivity index is 1.69. The van der Waals surface area contributed by atoms with Crippen molar-refractivity contribution in [1.82, 2.24) is 19.5 Å². The number of rotatable bonds is 7. The van der Waals surface area contributed by atoms with Gasteiger partial charge in [-0.1, -0.05) is 0 Å². The Kier molecular flexibility index (Phi) is 5.60. The predicted molar refractivity (Wildman–Crippen MR) is 98.7 cm³/mol. The molecule has 3 heterocycles. The third kappa shape index (κ3) is 3.88. The number of imidazole rings is 1. The summed E-state index contributed by atoms with van der Waals surface area (Å²) in [5.41, 5.74) is 6.20. The molecule has 0 aliphatic carbocycles. The molecule has 11 nitrogen and oxygen atoms in total. The van der Waals surface area contributed by atoms with Crippen molar-refractivity contribution in [1.29, 1.82) is 5.41 Å². The molecule has 1 aliphatic rings. The van der Waals surface area contributed by atoms with Crippen molar-refractivity contribution in [3.8, 4) is 0 Å². The topological polar surface area (TPSA) is 180 Å². The first-order chi connectivity index (χ1) is 12.8. The zero-order chi connectivity index (χ0) is 19.7. The highest BCUT2D eigenvalue weighted by atomic mass is 32.2. The number of anilines is 1. The number of nitrogens with zero attached hydrogens (tertiary/aromatic N) is 4. The summed E-state index contributed by atoms with van der Waals surface area (Å²) in [6.45, 7) is 0. The van der Waals surface area contributed by atoms with Gasteiger partial charge in [0.15, 0.2) is 17.7 Å². The van der Waals surface area contributed by atoms with E-state index in [0.717, 1.165) is 0 Å². The van der Waals surface area contributed by atoms with E-state index < -0.39 is 30.5 Å². The number of hydrogen-bond donors (Lipinski definition) is 5. The van der Waals surface area contributed by atoms with Crippen LogP contribution >= 0.6 is 0 Å². The average Bonchev–Trinajstić information content (AvgIpc) is 3.17. The molecule has 27 heavy (non-hydrogen) atoms. The number of carbonyl (C=O) groups is 1. The molecule has 12 heteroatoms. The summed E-state index contributed by atoms with van der Waals surface area (Å²) in [6, 6.07) is 0. The van der Waals surface area contributed by atoms with Gasteiger partial charge in [0.2, 0.25) is 0 Å². The molecule has 0 amide bonds. The maximum absolute atomic E-state index is 10.7. The first kappa shape index (κ1) is 19.5. The largest absolute Gasteiger partial charge is 0.477 e. The zero-order valence-corrected chi connectivity index (χ0v) is 15.3. The molecular weight excluding hydrogens is 376 g/mol. The number of fused-ring (bicyclic) bond motifs is 1. The van der Waals surface area contributed by atoms with Crippen molar-refractivity contribution in [2.45, 2.75) is 31.0 Å². The van der Waals surface area contributed by atoms with E-state index in [1.165, 1.54) is 17.2 Å². The van der Waals surface area contributed by atoms with Crippen LogP contribution in [0.1, 0.15) is 12.6 Å².